The predicted octanol–water partition coefficient (Wildman–Crippen LogP) is 7.70. The number of nitrogens with zero attached hydrogens (tertiary/aromatic N) is 4. The molecule has 1 heterocycles. The van der Waals surface area contributed by atoms with Crippen molar-refractivity contribution in [3.8, 4) is 17.6 Å². The molecule has 5 rings (SSSR count). The Labute approximate surface area is 249 Å². The van der Waals surface area contributed by atoms with Crippen molar-refractivity contribution in [1.29, 1.82) is 5.26 Å². The first-order valence-corrected chi connectivity index (χ1v) is 14.9. The van der Waals surface area contributed by atoms with Gasteiger partial charge in [-0.1, -0.05) is 49.6 Å². The first-order chi connectivity index (χ1) is 19.5. The van der Waals surface area contributed by atoms with Crippen LogP contribution in [-0.4, -0.2) is 22.5 Å². The summed E-state index contributed by atoms with van der Waals surface area (Å²) in [5.74, 6) is 1.91. The summed E-state index contributed by atoms with van der Waals surface area (Å²) in [6.45, 7) is 2.52. The van der Waals surface area contributed by atoms with Gasteiger partial charge in [0.1, 0.15) is 12.4 Å². The Morgan fingerprint density at radius 2 is 1.82 bits per heavy atom. The van der Waals surface area contributed by atoms with Crippen LogP contribution < -0.4 is 15.0 Å². The lowest BCUT2D eigenvalue weighted by Gasteiger charge is -2.22. The molecule has 0 amide bonds. The molecule has 0 aliphatic heterocycles. The predicted molar refractivity (Wildman–Crippen MR) is 163 cm³/mol. The van der Waals surface area contributed by atoms with E-state index in [1.807, 2.05) is 49.4 Å². The SMILES string of the molecule is CCOc1cc(C=Nn2c(C3CCCCC3)nc3ccccc3c2=O)c(Br)c(Br)c1OCc1ccccc1C#N. The van der Waals surface area contributed by atoms with Crippen molar-refractivity contribution in [1.82, 2.24) is 9.66 Å². The zero-order chi connectivity index (χ0) is 28.1. The third-order valence-corrected chi connectivity index (χ3v) is 9.17. The summed E-state index contributed by atoms with van der Waals surface area (Å²) in [6.07, 6.45) is 7.07. The van der Waals surface area contributed by atoms with Crippen LogP contribution in [0.5, 0.6) is 11.5 Å². The number of nitriles is 1. The smallest absolute Gasteiger partial charge is 0.282 e. The molecule has 0 atom stereocenters. The number of ether oxygens (including phenoxy) is 2. The molecule has 0 unspecified atom stereocenters. The highest BCUT2D eigenvalue weighted by Crippen LogP contribution is 2.43. The number of hydrogen-bond acceptors (Lipinski definition) is 6. The lowest BCUT2D eigenvalue weighted by molar-refractivity contribution is 0.267. The molecular formula is C31H28Br2N4O3. The molecule has 204 valence electrons. The van der Waals surface area contributed by atoms with Gasteiger partial charge in [0.15, 0.2) is 11.5 Å². The molecule has 0 radical (unpaired) electrons. The van der Waals surface area contributed by atoms with Gasteiger partial charge in [-0.25, -0.2) is 4.98 Å². The molecule has 1 aliphatic carbocycles. The molecule has 1 aliphatic rings. The lowest BCUT2D eigenvalue weighted by Crippen LogP contribution is -2.25. The van der Waals surface area contributed by atoms with Gasteiger partial charge in [0.2, 0.25) is 0 Å². The molecule has 0 bridgehead atoms. The van der Waals surface area contributed by atoms with Crippen molar-refractivity contribution >= 4 is 49.0 Å². The zero-order valence-electron chi connectivity index (χ0n) is 22.1. The molecule has 9 heteroatoms. The first kappa shape index (κ1) is 28.1. The summed E-state index contributed by atoms with van der Waals surface area (Å²) < 4.78 is 14.9. The van der Waals surface area contributed by atoms with Gasteiger partial charge in [-0.3, -0.25) is 4.79 Å². The molecule has 0 N–H and O–H groups in total. The van der Waals surface area contributed by atoms with Gasteiger partial charge < -0.3 is 9.47 Å². The highest BCUT2D eigenvalue weighted by Gasteiger charge is 2.23. The Hall–Kier alpha value is -3.48. The maximum absolute atomic E-state index is 13.6. The number of hydrogen-bond donors (Lipinski definition) is 0. The van der Waals surface area contributed by atoms with Crippen LogP contribution in [0.15, 0.2) is 73.4 Å². The maximum Gasteiger partial charge on any atom is 0.282 e. The van der Waals surface area contributed by atoms with Crippen molar-refractivity contribution < 1.29 is 9.47 Å². The van der Waals surface area contributed by atoms with Crippen molar-refractivity contribution in [2.24, 2.45) is 5.10 Å². The van der Waals surface area contributed by atoms with Gasteiger partial charge in [0, 0.05) is 21.5 Å². The second-order valence-electron chi connectivity index (χ2n) is 9.60. The average Bonchev–Trinajstić information content (AvgIpc) is 2.99. The topological polar surface area (TPSA) is 89.5 Å². The Kier molecular flexibility index (Phi) is 8.98. The van der Waals surface area contributed by atoms with Gasteiger partial charge in [-0.05, 0) is 75.9 Å². The summed E-state index contributed by atoms with van der Waals surface area (Å²) in [4.78, 5) is 18.5. The van der Waals surface area contributed by atoms with Crippen molar-refractivity contribution in [2.45, 2.75) is 51.6 Å². The standard InChI is InChI=1S/C31H28Br2N4O3/c1-2-39-26-16-23(27(32)28(33)29(26)40-19-22-13-7-6-12-21(22)17-34)18-35-37-30(20-10-4-3-5-11-20)36-25-15-9-8-14-24(25)31(37)38/h6-9,12-16,18,20H,2-5,10-11,19H2,1H3. The van der Waals surface area contributed by atoms with E-state index in [-0.39, 0.29) is 18.1 Å². The van der Waals surface area contributed by atoms with Gasteiger partial charge in [-0.15, -0.1) is 0 Å². The van der Waals surface area contributed by atoms with E-state index in [1.165, 1.54) is 11.1 Å². The van der Waals surface area contributed by atoms with Crippen molar-refractivity contribution in [3.63, 3.8) is 0 Å². The largest absolute Gasteiger partial charge is 0.490 e. The number of fused-ring (bicyclic) bond motifs is 1. The highest BCUT2D eigenvalue weighted by atomic mass is 79.9. The average molecular weight is 664 g/mol. The van der Waals surface area contributed by atoms with Gasteiger partial charge >= 0.3 is 0 Å². The van der Waals surface area contributed by atoms with Gasteiger partial charge in [0.05, 0.1) is 39.8 Å². The first-order valence-electron chi connectivity index (χ1n) is 13.3. The molecule has 7 nitrogen and oxygen atoms in total. The van der Waals surface area contributed by atoms with E-state index in [2.05, 4.69) is 43.0 Å². The summed E-state index contributed by atoms with van der Waals surface area (Å²) in [7, 11) is 0. The highest BCUT2D eigenvalue weighted by molar-refractivity contribution is 9.13. The molecule has 3 aromatic carbocycles. The van der Waals surface area contributed by atoms with Crippen LogP contribution in [-0.2, 0) is 6.61 Å². The van der Waals surface area contributed by atoms with Gasteiger partial charge in [-0.2, -0.15) is 15.0 Å². The number of rotatable bonds is 8. The van der Waals surface area contributed by atoms with Crippen LogP contribution >= 0.6 is 31.9 Å². The van der Waals surface area contributed by atoms with Gasteiger partial charge in [0.25, 0.3) is 5.56 Å². The second-order valence-corrected chi connectivity index (χ2v) is 11.2. The molecule has 0 saturated heterocycles. The minimum absolute atomic E-state index is 0.182. The minimum atomic E-state index is -0.182. The quantitative estimate of drug-likeness (QED) is 0.180. The Morgan fingerprint density at radius 1 is 1.07 bits per heavy atom. The molecule has 40 heavy (non-hydrogen) atoms. The van der Waals surface area contributed by atoms with E-state index in [4.69, 9.17) is 14.5 Å². The van der Waals surface area contributed by atoms with E-state index in [1.54, 1.807) is 18.3 Å². The van der Waals surface area contributed by atoms with Crippen LogP contribution in [0.2, 0.25) is 0 Å². The Balaban J connectivity index is 1.54. The molecule has 0 spiro atoms. The summed E-state index contributed by atoms with van der Waals surface area (Å²) in [6, 6.07) is 18.8. The monoisotopic (exact) mass is 662 g/mol. The lowest BCUT2D eigenvalue weighted by atomic mass is 9.88. The van der Waals surface area contributed by atoms with Crippen LogP contribution in [0, 0.1) is 11.3 Å². The fourth-order valence-electron chi connectivity index (χ4n) is 5.00. The van der Waals surface area contributed by atoms with E-state index in [0.29, 0.717) is 54.9 Å². The summed E-state index contributed by atoms with van der Waals surface area (Å²) in [5, 5.41) is 14.7. The van der Waals surface area contributed by atoms with Crippen molar-refractivity contribution in [2.75, 3.05) is 6.61 Å². The minimum Gasteiger partial charge on any atom is -0.490 e. The molecule has 4 aromatic rings. The Bertz CT molecular complexity index is 1670. The van der Waals surface area contributed by atoms with E-state index in [0.717, 1.165) is 31.2 Å². The maximum atomic E-state index is 13.6. The third-order valence-electron chi connectivity index (χ3n) is 7.03. The number of para-hydroxylation sites is 1. The molecular weight excluding hydrogens is 636 g/mol. The van der Waals surface area contributed by atoms with Crippen LogP contribution in [0.3, 0.4) is 0 Å². The van der Waals surface area contributed by atoms with E-state index < -0.39 is 0 Å². The number of aromatic nitrogens is 2. The normalized spacial score (nSPS) is 13.9. The fraction of sp³-hybridized carbons (Fsp3) is 0.290. The molecule has 1 aromatic heterocycles. The van der Waals surface area contributed by atoms with E-state index in [9.17, 15) is 10.1 Å². The van der Waals surface area contributed by atoms with Crippen LogP contribution in [0.1, 0.15) is 67.5 Å². The fourth-order valence-corrected chi connectivity index (χ4v) is 5.93. The Morgan fingerprint density at radius 3 is 2.60 bits per heavy atom. The van der Waals surface area contributed by atoms with E-state index >= 15 is 0 Å². The van der Waals surface area contributed by atoms with Crippen LogP contribution in [0.25, 0.3) is 10.9 Å². The second kappa shape index (κ2) is 12.8. The molecule has 1 saturated carbocycles. The summed E-state index contributed by atoms with van der Waals surface area (Å²) in [5.41, 5.74) is 2.55. The third kappa shape index (κ3) is 5.84. The summed E-state index contributed by atoms with van der Waals surface area (Å²) >= 11 is 7.32. The van der Waals surface area contributed by atoms with Crippen molar-refractivity contribution in [3.05, 3.63) is 96.4 Å². The zero-order valence-corrected chi connectivity index (χ0v) is 25.2. The number of halogens is 2. The van der Waals surface area contributed by atoms with Crippen LogP contribution in [0.4, 0.5) is 0 Å². The number of benzene rings is 3. The molecule has 1 fully saturated rings.